The third kappa shape index (κ3) is 9.98. The lowest BCUT2D eigenvalue weighted by molar-refractivity contribution is 0.590. The molecule has 22 rings (SSSR count). The van der Waals surface area contributed by atoms with Gasteiger partial charge in [0.05, 0.1) is 44.8 Å². The molecule has 0 N–H and O–H groups in total. The lowest BCUT2D eigenvalue weighted by Crippen LogP contribution is -2.61. The van der Waals surface area contributed by atoms with Crippen molar-refractivity contribution in [2.45, 2.75) is 52.4 Å². The number of hydrogen-bond acceptors (Lipinski definition) is 4. The summed E-state index contributed by atoms with van der Waals surface area (Å²) >= 11 is 0. The van der Waals surface area contributed by atoms with Gasteiger partial charge in [0.1, 0.15) is 22.3 Å². The van der Waals surface area contributed by atoms with Gasteiger partial charge in [0.25, 0.3) is 6.71 Å². The van der Waals surface area contributed by atoms with E-state index in [4.69, 9.17) is 8.83 Å². The largest absolute Gasteiger partial charge is 0.456 e. The van der Waals surface area contributed by atoms with E-state index < -0.39 is 0 Å². The summed E-state index contributed by atoms with van der Waals surface area (Å²) in [7, 11) is 0. The van der Waals surface area contributed by atoms with Crippen LogP contribution in [0.5, 0.6) is 0 Å². The smallest absolute Gasteiger partial charge is 0.252 e. The van der Waals surface area contributed by atoms with Gasteiger partial charge >= 0.3 is 0 Å². The van der Waals surface area contributed by atoms with Gasteiger partial charge in [0.2, 0.25) is 0 Å². The lowest BCUT2D eigenvalue weighted by Gasteiger charge is -2.46. The summed E-state index contributed by atoms with van der Waals surface area (Å²) in [6, 6.07) is 130. The standard InChI is InChI=1S/C104H75BN4O2/c1-103(2,3)71-50-55-87-81(62-71)82-63-72(104(4,5)6)51-56-88(82)107(87)92-43-25-39-79(78-38-26-46-97-99(78)80-36-19-23-45-96(80)110-97)102(92)109-90-54-49-68(65-29-12-8-13-30-65)58-84(90)105-83-57-67(64-27-10-7-11-28-64)48-53-89(83)108(93-59-70(60-94(109)100(93)105)66-31-14-9-15-32-66)101-73(69-47-52-77-76-35-18-22-44-95(76)111-98(77)61-69)37-24-42-91(101)106-85-40-20-16-33-74(85)75-34-17-21-41-86(75)106/h7-63H,1-6H3. The van der Waals surface area contributed by atoms with Gasteiger partial charge in [-0.25, -0.2) is 0 Å². The van der Waals surface area contributed by atoms with E-state index in [1.807, 2.05) is 0 Å². The van der Waals surface area contributed by atoms with Crippen LogP contribution in [-0.2, 0) is 10.8 Å². The van der Waals surface area contributed by atoms with Crippen molar-refractivity contribution in [1.82, 2.24) is 9.13 Å². The van der Waals surface area contributed by atoms with Crippen molar-refractivity contribution in [3.05, 3.63) is 357 Å². The Hall–Kier alpha value is -13.6. The van der Waals surface area contributed by atoms with Gasteiger partial charge in [-0.3, -0.25) is 0 Å². The van der Waals surface area contributed by atoms with Crippen molar-refractivity contribution >= 4 is 145 Å². The molecule has 0 atom stereocenters. The summed E-state index contributed by atoms with van der Waals surface area (Å²) in [5, 5.41) is 9.11. The Morgan fingerprint density at radius 3 is 1.21 bits per heavy atom. The van der Waals surface area contributed by atoms with E-state index in [1.165, 1.54) is 49.1 Å². The maximum atomic E-state index is 6.94. The van der Waals surface area contributed by atoms with Crippen LogP contribution in [0, 0.1) is 0 Å². The molecule has 0 aliphatic carbocycles. The molecule has 0 saturated carbocycles. The van der Waals surface area contributed by atoms with Crippen molar-refractivity contribution in [2.24, 2.45) is 0 Å². The highest BCUT2D eigenvalue weighted by atomic mass is 16.3. The second kappa shape index (κ2) is 24.4. The van der Waals surface area contributed by atoms with Gasteiger partial charge in [-0.15, -0.1) is 0 Å². The Balaban J connectivity index is 0.929. The zero-order chi connectivity index (χ0) is 74.1. The second-order valence-electron chi connectivity index (χ2n) is 32.3. The molecule has 0 saturated heterocycles. The summed E-state index contributed by atoms with van der Waals surface area (Å²) in [6.45, 7) is 13.7. The van der Waals surface area contributed by atoms with Crippen molar-refractivity contribution < 1.29 is 8.83 Å². The molecule has 0 radical (unpaired) electrons. The lowest BCUT2D eigenvalue weighted by atomic mass is 9.33. The minimum Gasteiger partial charge on any atom is -0.456 e. The molecule has 16 aromatic carbocycles. The minimum absolute atomic E-state index is 0.113. The highest BCUT2D eigenvalue weighted by Gasteiger charge is 2.46. The van der Waals surface area contributed by atoms with Crippen LogP contribution >= 0.6 is 0 Å². The topological polar surface area (TPSA) is 42.6 Å². The number of benzene rings is 16. The highest BCUT2D eigenvalue weighted by molar-refractivity contribution is 7.00. The Morgan fingerprint density at radius 1 is 0.243 bits per heavy atom. The number of para-hydroxylation sites is 6. The van der Waals surface area contributed by atoms with Crippen LogP contribution < -0.4 is 26.2 Å². The third-order valence-electron chi connectivity index (χ3n) is 23.8. The van der Waals surface area contributed by atoms with Gasteiger partial charge in [0, 0.05) is 77.0 Å². The Morgan fingerprint density at radius 2 is 0.658 bits per heavy atom. The molecule has 7 heteroatoms. The molecule has 6 heterocycles. The SMILES string of the molecule is CC(C)(C)c1ccc2c(c1)c1cc(C(C)(C)C)ccc1n2-c1cccc(-c2cccc3oc4ccccc4c23)c1N1c2ccc(-c3ccccc3)cc2B2c3cc(-c4ccccc4)ccc3N(c3c(-c4ccc5c(c4)oc4ccccc45)cccc3-n3c4ccccc4c4ccccc43)c3cc(-c4ccccc4)cc1c32. The third-order valence-corrected chi connectivity index (χ3v) is 23.8. The molecule has 2 aliphatic heterocycles. The van der Waals surface area contributed by atoms with E-state index in [9.17, 15) is 0 Å². The van der Waals surface area contributed by atoms with E-state index in [0.29, 0.717) is 0 Å². The van der Waals surface area contributed by atoms with Crippen LogP contribution in [0.4, 0.5) is 34.1 Å². The molecule has 0 fully saturated rings. The number of hydrogen-bond donors (Lipinski definition) is 0. The zero-order valence-corrected chi connectivity index (χ0v) is 62.6. The predicted octanol–water partition coefficient (Wildman–Crippen LogP) is 26.7. The molecule has 6 nitrogen and oxygen atoms in total. The number of nitrogens with zero attached hydrogens (tertiary/aromatic N) is 4. The quantitative estimate of drug-likeness (QED) is 0.135. The molecule has 4 aromatic heterocycles. The van der Waals surface area contributed by atoms with Crippen molar-refractivity contribution in [3.63, 3.8) is 0 Å². The van der Waals surface area contributed by atoms with Crippen LogP contribution in [0.3, 0.4) is 0 Å². The minimum atomic E-state index is -0.322. The van der Waals surface area contributed by atoms with Gasteiger partial charge in [-0.05, 0) is 186 Å². The van der Waals surface area contributed by atoms with Gasteiger partial charge < -0.3 is 27.8 Å². The summed E-state index contributed by atoms with van der Waals surface area (Å²) < 4.78 is 19.0. The summed E-state index contributed by atoms with van der Waals surface area (Å²) in [5.74, 6) is 0. The molecular formula is C104H75BN4O2. The number of fused-ring (bicyclic) bond motifs is 16. The monoisotopic (exact) mass is 1420 g/mol. The first-order chi connectivity index (χ1) is 54.3. The Labute approximate surface area is 644 Å². The molecule has 526 valence electrons. The number of rotatable bonds is 9. The van der Waals surface area contributed by atoms with E-state index in [1.54, 1.807) is 0 Å². The summed E-state index contributed by atoms with van der Waals surface area (Å²) in [4.78, 5) is 5.37. The van der Waals surface area contributed by atoms with Crippen LogP contribution in [0.2, 0.25) is 0 Å². The molecular weight excluding hydrogens is 1350 g/mol. The predicted molar refractivity (Wildman–Crippen MR) is 468 cm³/mol. The molecule has 0 unspecified atom stereocenters. The van der Waals surface area contributed by atoms with Gasteiger partial charge in [-0.1, -0.05) is 284 Å². The Bertz CT molecular complexity index is 7120. The fourth-order valence-electron chi connectivity index (χ4n) is 18.5. The summed E-state index contributed by atoms with van der Waals surface area (Å²) in [6.07, 6.45) is 0. The van der Waals surface area contributed by atoms with Crippen molar-refractivity contribution in [2.75, 3.05) is 9.80 Å². The van der Waals surface area contributed by atoms with Crippen molar-refractivity contribution in [3.8, 4) is 67.0 Å². The van der Waals surface area contributed by atoms with E-state index in [2.05, 4.69) is 406 Å². The molecule has 20 aromatic rings. The van der Waals surface area contributed by atoms with E-state index in [0.717, 1.165) is 167 Å². The zero-order valence-electron chi connectivity index (χ0n) is 62.6. The average Bonchev–Trinajstić information content (AvgIpc) is 0.817. The number of anilines is 6. The first-order valence-corrected chi connectivity index (χ1v) is 38.7. The number of aromatic nitrogens is 2. The van der Waals surface area contributed by atoms with E-state index >= 15 is 0 Å². The first-order valence-electron chi connectivity index (χ1n) is 38.7. The second-order valence-corrected chi connectivity index (χ2v) is 32.3. The normalized spacial score (nSPS) is 12.9. The van der Waals surface area contributed by atoms with Crippen LogP contribution in [0.15, 0.2) is 355 Å². The maximum Gasteiger partial charge on any atom is 0.252 e. The highest BCUT2D eigenvalue weighted by Crippen LogP contribution is 2.56. The molecule has 0 bridgehead atoms. The van der Waals surface area contributed by atoms with Gasteiger partial charge in [-0.2, -0.15) is 0 Å². The summed E-state index contributed by atoms with van der Waals surface area (Å²) in [5.41, 5.74) is 33.2. The van der Waals surface area contributed by atoms with Crippen LogP contribution in [0.1, 0.15) is 52.7 Å². The van der Waals surface area contributed by atoms with Crippen molar-refractivity contribution in [1.29, 1.82) is 0 Å². The fourth-order valence-corrected chi connectivity index (χ4v) is 18.5. The molecule has 0 amide bonds. The molecule has 111 heavy (non-hydrogen) atoms. The van der Waals surface area contributed by atoms with Gasteiger partial charge in [0.15, 0.2) is 0 Å². The molecule has 0 spiro atoms. The van der Waals surface area contributed by atoms with Crippen LogP contribution in [0.25, 0.3) is 154 Å². The maximum absolute atomic E-state index is 6.94. The fraction of sp³-hybridized carbons (Fsp3) is 0.0769. The molecule has 2 aliphatic rings. The van der Waals surface area contributed by atoms with Crippen LogP contribution in [-0.4, -0.2) is 15.8 Å². The first kappa shape index (κ1) is 64.6. The number of furan rings is 2. The van der Waals surface area contributed by atoms with E-state index in [-0.39, 0.29) is 17.5 Å². The average molecular weight is 1420 g/mol. The Kier molecular flexibility index (Phi) is 14.2.